The van der Waals surface area contributed by atoms with Gasteiger partial charge in [-0.2, -0.15) is 15.5 Å². The standard InChI is InChI=1S/C11H12N4O3/c1-4-17-10(16)11(3,8(5-12)6-13)9-14-7(2)18-15-9/h8H,4H2,1-3H3. The Labute approximate surface area is 104 Å². The summed E-state index contributed by atoms with van der Waals surface area (Å²) in [5.41, 5.74) is -1.56. The molecule has 1 rings (SSSR count). The second-order valence-electron chi connectivity index (χ2n) is 3.75. The third kappa shape index (κ3) is 2.16. The lowest BCUT2D eigenvalue weighted by Gasteiger charge is -2.23. The van der Waals surface area contributed by atoms with Gasteiger partial charge in [-0.05, 0) is 13.8 Å². The molecule has 0 saturated heterocycles. The molecule has 1 aromatic heterocycles. The number of esters is 1. The Kier molecular flexibility index (Phi) is 4.01. The SMILES string of the molecule is CCOC(=O)C(C)(c1noc(C)n1)C(C#N)C#N. The van der Waals surface area contributed by atoms with E-state index in [0.717, 1.165) is 0 Å². The van der Waals surface area contributed by atoms with Gasteiger partial charge in [-0.3, -0.25) is 4.79 Å². The smallest absolute Gasteiger partial charge is 0.322 e. The Morgan fingerprint density at radius 3 is 2.56 bits per heavy atom. The average molecular weight is 248 g/mol. The quantitative estimate of drug-likeness (QED) is 0.726. The topological polar surface area (TPSA) is 113 Å². The monoisotopic (exact) mass is 248 g/mol. The third-order valence-corrected chi connectivity index (χ3v) is 2.53. The molecule has 0 bridgehead atoms. The normalized spacial score (nSPS) is 13.4. The summed E-state index contributed by atoms with van der Waals surface area (Å²) < 4.78 is 9.68. The number of carbonyl (C=O) groups excluding carboxylic acids is 1. The summed E-state index contributed by atoms with van der Waals surface area (Å²) in [5.74, 6) is -1.76. The van der Waals surface area contributed by atoms with Crippen molar-refractivity contribution >= 4 is 5.97 Å². The molecule has 0 fully saturated rings. The zero-order valence-corrected chi connectivity index (χ0v) is 10.3. The highest BCUT2D eigenvalue weighted by Crippen LogP contribution is 2.31. The molecule has 7 nitrogen and oxygen atoms in total. The minimum Gasteiger partial charge on any atom is -0.465 e. The molecule has 94 valence electrons. The molecule has 0 spiro atoms. The number of ether oxygens (including phenoxy) is 1. The van der Waals surface area contributed by atoms with Crippen LogP contribution in [0.2, 0.25) is 0 Å². The number of carbonyl (C=O) groups is 1. The van der Waals surface area contributed by atoms with Crippen LogP contribution in [0.4, 0.5) is 0 Å². The van der Waals surface area contributed by atoms with Crippen LogP contribution in [-0.2, 0) is 14.9 Å². The van der Waals surface area contributed by atoms with Gasteiger partial charge in [0.2, 0.25) is 5.89 Å². The highest BCUT2D eigenvalue weighted by atomic mass is 16.5. The van der Waals surface area contributed by atoms with Gasteiger partial charge in [0.05, 0.1) is 18.7 Å². The van der Waals surface area contributed by atoms with Crippen molar-refractivity contribution in [3.8, 4) is 12.1 Å². The van der Waals surface area contributed by atoms with Crippen LogP contribution in [0.5, 0.6) is 0 Å². The van der Waals surface area contributed by atoms with Gasteiger partial charge < -0.3 is 9.26 Å². The highest BCUT2D eigenvalue weighted by molar-refractivity contribution is 5.83. The maximum atomic E-state index is 12.0. The number of hydrogen-bond acceptors (Lipinski definition) is 7. The zero-order valence-electron chi connectivity index (χ0n) is 10.3. The van der Waals surface area contributed by atoms with E-state index in [4.69, 9.17) is 19.8 Å². The van der Waals surface area contributed by atoms with Crippen molar-refractivity contribution < 1.29 is 14.1 Å². The van der Waals surface area contributed by atoms with Crippen LogP contribution < -0.4 is 0 Å². The third-order valence-electron chi connectivity index (χ3n) is 2.53. The van der Waals surface area contributed by atoms with Crippen LogP contribution >= 0.6 is 0 Å². The molecule has 0 aliphatic rings. The first-order valence-electron chi connectivity index (χ1n) is 5.27. The molecule has 1 aromatic rings. The summed E-state index contributed by atoms with van der Waals surface area (Å²) >= 11 is 0. The van der Waals surface area contributed by atoms with E-state index in [1.165, 1.54) is 6.92 Å². The molecule has 0 N–H and O–H groups in total. The Morgan fingerprint density at radius 2 is 2.17 bits per heavy atom. The largest absolute Gasteiger partial charge is 0.465 e. The van der Waals surface area contributed by atoms with Gasteiger partial charge in [0.15, 0.2) is 17.2 Å². The van der Waals surface area contributed by atoms with Crippen LogP contribution in [0.3, 0.4) is 0 Å². The van der Waals surface area contributed by atoms with Crippen molar-refractivity contribution in [1.82, 2.24) is 10.1 Å². The maximum Gasteiger partial charge on any atom is 0.322 e. The Morgan fingerprint density at radius 1 is 1.56 bits per heavy atom. The molecule has 7 heteroatoms. The Balaban J connectivity index is 3.31. The van der Waals surface area contributed by atoms with Crippen LogP contribution in [0, 0.1) is 35.5 Å². The number of aromatic nitrogens is 2. The van der Waals surface area contributed by atoms with E-state index >= 15 is 0 Å². The van der Waals surface area contributed by atoms with Gasteiger partial charge >= 0.3 is 5.97 Å². The van der Waals surface area contributed by atoms with Crippen LogP contribution in [0.25, 0.3) is 0 Å². The van der Waals surface area contributed by atoms with Crippen molar-refractivity contribution in [3.05, 3.63) is 11.7 Å². The molecule has 0 radical (unpaired) electrons. The first-order chi connectivity index (χ1) is 8.50. The molecule has 18 heavy (non-hydrogen) atoms. The van der Waals surface area contributed by atoms with E-state index in [1.807, 2.05) is 0 Å². The molecule has 1 unspecified atom stereocenters. The van der Waals surface area contributed by atoms with Crippen LogP contribution in [-0.4, -0.2) is 22.7 Å². The molecule has 0 aromatic carbocycles. The van der Waals surface area contributed by atoms with Gasteiger partial charge in [0, 0.05) is 6.92 Å². The first-order valence-corrected chi connectivity index (χ1v) is 5.27. The van der Waals surface area contributed by atoms with Crippen molar-refractivity contribution in [3.63, 3.8) is 0 Å². The molecule has 0 saturated carbocycles. The summed E-state index contributed by atoms with van der Waals surface area (Å²) in [5, 5.41) is 21.6. The molecule has 0 aliphatic heterocycles. The van der Waals surface area contributed by atoms with Gasteiger partial charge in [-0.15, -0.1) is 0 Å². The lowest BCUT2D eigenvalue weighted by molar-refractivity contribution is -0.150. The van der Waals surface area contributed by atoms with Gasteiger partial charge in [0.1, 0.15) is 0 Å². The Hall–Kier alpha value is -2.41. The van der Waals surface area contributed by atoms with Gasteiger partial charge in [-0.1, -0.05) is 5.16 Å². The fourth-order valence-electron chi connectivity index (χ4n) is 1.42. The summed E-state index contributed by atoms with van der Waals surface area (Å²) in [6, 6.07) is 3.51. The molecular formula is C11H12N4O3. The summed E-state index contributed by atoms with van der Waals surface area (Å²) in [4.78, 5) is 15.9. The zero-order chi connectivity index (χ0) is 13.8. The minimum atomic E-state index is -1.56. The number of rotatable bonds is 4. The predicted molar refractivity (Wildman–Crippen MR) is 57.7 cm³/mol. The molecule has 0 amide bonds. The van der Waals surface area contributed by atoms with Crippen LogP contribution in [0.1, 0.15) is 25.6 Å². The van der Waals surface area contributed by atoms with Gasteiger partial charge in [0.25, 0.3) is 0 Å². The fourth-order valence-corrected chi connectivity index (χ4v) is 1.42. The predicted octanol–water partition coefficient (Wildman–Crippen LogP) is 0.862. The van der Waals surface area contributed by atoms with E-state index in [-0.39, 0.29) is 18.3 Å². The van der Waals surface area contributed by atoms with Gasteiger partial charge in [-0.25, -0.2) is 0 Å². The van der Waals surface area contributed by atoms with E-state index in [2.05, 4.69) is 10.1 Å². The van der Waals surface area contributed by atoms with Crippen LogP contribution in [0.15, 0.2) is 4.52 Å². The van der Waals surface area contributed by atoms with Crippen molar-refractivity contribution in [2.75, 3.05) is 6.61 Å². The second-order valence-corrected chi connectivity index (χ2v) is 3.75. The first kappa shape index (κ1) is 13.7. The average Bonchev–Trinajstić information content (AvgIpc) is 2.77. The minimum absolute atomic E-state index is 0.0217. The summed E-state index contributed by atoms with van der Waals surface area (Å²) in [6.07, 6.45) is 0. The lowest BCUT2D eigenvalue weighted by Crippen LogP contribution is -2.41. The van der Waals surface area contributed by atoms with E-state index < -0.39 is 17.3 Å². The lowest BCUT2D eigenvalue weighted by atomic mass is 9.77. The molecular weight excluding hydrogens is 236 g/mol. The van der Waals surface area contributed by atoms with Crippen molar-refractivity contribution in [1.29, 1.82) is 10.5 Å². The number of aryl methyl sites for hydroxylation is 1. The fraction of sp³-hybridized carbons (Fsp3) is 0.545. The molecule has 1 heterocycles. The second kappa shape index (κ2) is 5.28. The van der Waals surface area contributed by atoms with Crippen molar-refractivity contribution in [2.45, 2.75) is 26.2 Å². The summed E-state index contributed by atoms with van der Waals surface area (Å²) in [7, 11) is 0. The number of hydrogen-bond donors (Lipinski definition) is 0. The highest BCUT2D eigenvalue weighted by Gasteiger charge is 2.49. The number of nitriles is 2. The maximum absolute atomic E-state index is 12.0. The van der Waals surface area contributed by atoms with E-state index in [0.29, 0.717) is 0 Å². The van der Waals surface area contributed by atoms with E-state index in [1.54, 1.807) is 26.0 Å². The molecule has 0 aliphatic carbocycles. The molecule has 1 atom stereocenters. The van der Waals surface area contributed by atoms with Crippen molar-refractivity contribution in [2.24, 2.45) is 5.92 Å². The number of nitrogens with zero attached hydrogens (tertiary/aromatic N) is 4. The Bertz CT molecular complexity index is 511. The summed E-state index contributed by atoms with van der Waals surface area (Å²) in [6.45, 7) is 4.71. The van der Waals surface area contributed by atoms with E-state index in [9.17, 15) is 4.79 Å².